The van der Waals surface area contributed by atoms with Gasteiger partial charge in [0.05, 0.1) is 33.7 Å². The smallest absolute Gasteiger partial charge is 0.330 e. The van der Waals surface area contributed by atoms with E-state index in [0.29, 0.717) is 11.6 Å². The van der Waals surface area contributed by atoms with Gasteiger partial charge in [0.1, 0.15) is 0 Å². The van der Waals surface area contributed by atoms with E-state index < -0.39 is 80.0 Å². The largest absolute Gasteiger partial charge is 0.460 e. The Morgan fingerprint density at radius 2 is 0.795 bits per heavy atom. The third-order valence-corrected chi connectivity index (χ3v) is 6.25. The number of rotatable bonds is 12. The Bertz CT molecular complexity index is 997. The normalized spacial score (nSPS) is 17.4. The lowest BCUT2D eigenvalue weighted by Crippen LogP contribution is -2.76. The van der Waals surface area contributed by atoms with Crippen molar-refractivity contribution in [2.45, 2.75) is 65.9 Å². The van der Waals surface area contributed by atoms with E-state index >= 15 is 0 Å². The molecule has 0 saturated heterocycles. The molecule has 0 saturated carbocycles. The fourth-order valence-electron chi connectivity index (χ4n) is 2.71. The maximum absolute atomic E-state index is 14.0. The zero-order chi connectivity index (χ0) is 32.5. The Balaban J connectivity index is 6.97. The second-order valence-electron chi connectivity index (χ2n) is 9.03. The van der Waals surface area contributed by atoms with E-state index in [-0.39, 0.29) is 0 Å². The molecular formula is C15H16F19N2O2S+. The maximum Gasteiger partial charge on any atom is 0.460 e. The van der Waals surface area contributed by atoms with Crippen LogP contribution in [0, 0.1) is 0 Å². The molecule has 236 valence electrons. The van der Waals surface area contributed by atoms with Crippen molar-refractivity contribution >= 4 is 10.0 Å². The highest BCUT2D eigenvalue weighted by molar-refractivity contribution is 7.90. The molecule has 0 aliphatic heterocycles. The van der Waals surface area contributed by atoms with E-state index in [1.165, 1.54) is 21.1 Å². The fraction of sp³-hybridized carbons (Fsp3) is 1.00. The van der Waals surface area contributed by atoms with Crippen LogP contribution >= 0.6 is 0 Å². The minimum absolute atomic E-state index is 0.391. The second-order valence-corrected chi connectivity index (χ2v) is 10.8. The molecule has 4 nitrogen and oxygen atoms in total. The number of sulfonamides is 1. The number of halogens is 19. The molecular weight excluding hydrogens is 633 g/mol. The number of alkyl halides is 19. The molecule has 0 spiro atoms. The topological polar surface area (TPSA) is 46.2 Å². The zero-order valence-corrected chi connectivity index (χ0v) is 20.0. The van der Waals surface area contributed by atoms with Crippen LogP contribution in [-0.2, 0) is 10.0 Å². The molecule has 0 aromatic carbocycles. The van der Waals surface area contributed by atoms with E-state index in [1.807, 2.05) is 0 Å². The molecule has 1 N–H and O–H groups in total. The fourth-order valence-corrected chi connectivity index (χ4v) is 3.93. The Hall–Kier alpha value is -1.46. The van der Waals surface area contributed by atoms with E-state index in [0.717, 1.165) is 0 Å². The lowest BCUT2D eigenvalue weighted by atomic mass is 9.89. The molecule has 0 radical (unpaired) electrons. The van der Waals surface area contributed by atoms with E-state index in [1.54, 1.807) is 0 Å². The van der Waals surface area contributed by atoms with Gasteiger partial charge < -0.3 is 4.48 Å². The molecule has 0 aromatic rings. The molecule has 0 aromatic heterocycles. The summed E-state index contributed by atoms with van der Waals surface area (Å²) in [6.45, 7) is -0.0557. The molecule has 0 aliphatic rings. The lowest BCUT2D eigenvalue weighted by Gasteiger charge is -2.43. The van der Waals surface area contributed by atoms with Crippen molar-refractivity contribution in [1.29, 1.82) is 0 Å². The average Bonchev–Trinajstić information content (AvgIpc) is 2.63. The number of nitrogens with one attached hydrogen (secondary N) is 1. The second kappa shape index (κ2) is 9.54. The summed E-state index contributed by atoms with van der Waals surface area (Å²) in [4.78, 5) is 0. The minimum atomic E-state index is -9.12. The first-order valence-electron chi connectivity index (χ1n) is 9.26. The van der Waals surface area contributed by atoms with E-state index in [4.69, 9.17) is 0 Å². The first kappa shape index (κ1) is 37.5. The molecule has 0 amide bonds. The first-order chi connectivity index (χ1) is 16.4. The molecule has 0 fully saturated rings. The van der Waals surface area contributed by atoms with Crippen molar-refractivity contribution in [1.82, 2.24) is 4.72 Å². The van der Waals surface area contributed by atoms with Crippen LogP contribution in [0.2, 0.25) is 0 Å². The van der Waals surface area contributed by atoms with Crippen LogP contribution in [0.25, 0.3) is 0 Å². The van der Waals surface area contributed by atoms with Crippen molar-refractivity contribution in [3.05, 3.63) is 0 Å². The van der Waals surface area contributed by atoms with Crippen LogP contribution in [0.15, 0.2) is 0 Å². The SMILES string of the molecule is CC(C[N+](C)(C)C)NS(=O)(=O)C(F)(F)C(F)(F)C(F)(F)C(F)(F)C(F)(F)C(F)(F)C(F)(F)C(F)(F)C(F)(F)F. The molecule has 0 bridgehead atoms. The molecule has 24 heteroatoms. The monoisotopic (exact) mass is 649 g/mol. The lowest BCUT2D eigenvalue weighted by molar-refractivity contribution is -0.871. The summed E-state index contributed by atoms with van der Waals surface area (Å²) in [5.74, 6) is -61.8. The zero-order valence-electron chi connectivity index (χ0n) is 19.1. The van der Waals surface area contributed by atoms with Crippen molar-refractivity contribution in [2.75, 3.05) is 27.7 Å². The van der Waals surface area contributed by atoms with Crippen molar-refractivity contribution in [3.8, 4) is 0 Å². The molecule has 0 aliphatic carbocycles. The summed E-state index contributed by atoms with van der Waals surface area (Å²) in [6.07, 6.45) is -7.98. The van der Waals surface area contributed by atoms with Crippen LogP contribution in [0.5, 0.6) is 0 Å². The molecule has 1 atom stereocenters. The van der Waals surface area contributed by atoms with Crippen LogP contribution < -0.4 is 4.72 Å². The van der Waals surface area contributed by atoms with Gasteiger partial charge in [0, 0.05) is 0 Å². The summed E-state index contributed by atoms with van der Waals surface area (Å²) in [5, 5.41) is -7.67. The van der Waals surface area contributed by atoms with Crippen LogP contribution in [0.4, 0.5) is 83.4 Å². The number of nitrogens with zero attached hydrogens (tertiary/aromatic N) is 1. The van der Waals surface area contributed by atoms with E-state index in [2.05, 4.69) is 0 Å². The van der Waals surface area contributed by atoms with Crippen molar-refractivity contribution in [2.24, 2.45) is 0 Å². The summed E-state index contributed by atoms with van der Waals surface area (Å²) >= 11 is 0. The third-order valence-electron chi connectivity index (χ3n) is 4.60. The van der Waals surface area contributed by atoms with Gasteiger partial charge in [-0.15, -0.1) is 0 Å². The van der Waals surface area contributed by atoms with Gasteiger partial charge in [-0.05, 0) is 6.92 Å². The summed E-state index contributed by atoms with van der Waals surface area (Å²) in [6, 6.07) is -1.96. The number of hydrogen-bond donors (Lipinski definition) is 1. The average molecular weight is 649 g/mol. The Labute approximate surface area is 205 Å². The summed E-state index contributed by atoms with van der Waals surface area (Å²) in [5.41, 5.74) is 0. The van der Waals surface area contributed by atoms with Crippen LogP contribution in [-0.4, -0.2) is 99.5 Å². The van der Waals surface area contributed by atoms with Crippen LogP contribution in [0.3, 0.4) is 0 Å². The quantitative estimate of drug-likeness (QED) is 0.221. The van der Waals surface area contributed by atoms with Gasteiger partial charge in [0.25, 0.3) is 10.0 Å². The van der Waals surface area contributed by atoms with Gasteiger partial charge in [-0.1, -0.05) is 0 Å². The highest BCUT2D eigenvalue weighted by Crippen LogP contribution is 2.65. The Morgan fingerprint density at radius 1 is 0.538 bits per heavy atom. The Morgan fingerprint density at radius 3 is 1.05 bits per heavy atom. The van der Waals surface area contributed by atoms with Gasteiger partial charge in [0.2, 0.25) is 0 Å². The predicted octanol–water partition coefficient (Wildman–Crippen LogP) is 5.60. The molecule has 0 rings (SSSR count). The van der Waals surface area contributed by atoms with Gasteiger partial charge in [-0.3, -0.25) is 0 Å². The van der Waals surface area contributed by atoms with Crippen molar-refractivity contribution < 1.29 is 96.3 Å². The predicted molar refractivity (Wildman–Crippen MR) is 90.0 cm³/mol. The number of quaternary nitrogens is 1. The van der Waals surface area contributed by atoms with Crippen molar-refractivity contribution in [3.63, 3.8) is 0 Å². The molecule has 39 heavy (non-hydrogen) atoms. The highest BCUT2D eigenvalue weighted by atomic mass is 32.2. The van der Waals surface area contributed by atoms with Gasteiger partial charge in [0.15, 0.2) is 0 Å². The summed E-state index contributed by atoms with van der Waals surface area (Å²) in [7, 11) is -3.79. The first-order valence-corrected chi connectivity index (χ1v) is 10.7. The maximum atomic E-state index is 14.0. The van der Waals surface area contributed by atoms with Gasteiger partial charge in [-0.2, -0.15) is 83.4 Å². The third kappa shape index (κ3) is 5.44. The summed E-state index contributed by atoms with van der Waals surface area (Å²) < 4.78 is 276. The van der Waals surface area contributed by atoms with Gasteiger partial charge in [-0.25, -0.2) is 13.1 Å². The minimum Gasteiger partial charge on any atom is -0.330 e. The van der Waals surface area contributed by atoms with E-state index in [9.17, 15) is 91.8 Å². The Kier molecular flexibility index (Phi) is 9.19. The van der Waals surface area contributed by atoms with Gasteiger partial charge >= 0.3 is 52.9 Å². The standard InChI is InChI=1S/C15H16F19N2O2S/c1-6(5-36(2,3)4)35-39(37,38)15(33,34)13(28,29)11(24,25)9(20,21)7(16,17)8(18,19)10(22,23)12(26,27)14(30,31)32/h6,35H,5H2,1-4H3/q+1. The number of likely N-dealkylation sites (N-methyl/N-ethyl adjacent to an activating group) is 1. The molecule has 1 unspecified atom stereocenters. The molecule has 0 heterocycles. The highest BCUT2D eigenvalue weighted by Gasteiger charge is 2.97. The van der Waals surface area contributed by atoms with Crippen LogP contribution in [0.1, 0.15) is 6.92 Å². The number of hydrogen-bond acceptors (Lipinski definition) is 2.